The highest BCUT2D eigenvalue weighted by Gasteiger charge is 2.17. The minimum absolute atomic E-state index is 0.258. The van der Waals surface area contributed by atoms with Crippen molar-refractivity contribution in [1.82, 2.24) is 0 Å². The monoisotopic (exact) mass is 313 g/mol. The van der Waals surface area contributed by atoms with Crippen molar-refractivity contribution in [3.63, 3.8) is 0 Å². The Labute approximate surface area is 133 Å². The first-order chi connectivity index (χ1) is 10.8. The predicted molar refractivity (Wildman–Crippen MR) is 86.8 cm³/mol. The van der Waals surface area contributed by atoms with Gasteiger partial charge in [0.2, 0.25) is 5.91 Å². The lowest BCUT2D eigenvalue weighted by Gasteiger charge is -2.21. The maximum absolute atomic E-state index is 11.6. The van der Waals surface area contributed by atoms with Crippen LogP contribution in [0.5, 0.6) is 11.5 Å². The standard InChI is InChI=1S/C17H15NO3S/c1-2-17(19)18-13-10-14-15(21-9-8-20-14)11-16(13)22-12-6-4-3-5-7-12/h2-7,10-11H,1,8-9H2,(H,18,19). The van der Waals surface area contributed by atoms with E-state index < -0.39 is 0 Å². The number of hydrogen-bond acceptors (Lipinski definition) is 4. The van der Waals surface area contributed by atoms with Crippen LogP contribution in [0.3, 0.4) is 0 Å². The summed E-state index contributed by atoms with van der Waals surface area (Å²) in [5, 5.41) is 2.82. The van der Waals surface area contributed by atoms with Crippen molar-refractivity contribution >= 4 is 23.4 Å². The molecule has 1 aliphatic rings. The van der Waals surface area contributed by atoms with E-state index in [9.17, 15) is 4.79 Å². The molecule has 1 aliphatic heterocycles. The second kappa shape index (κ2) is 6.58. The van der Waals surface area contributed by atoms with E-state index in [-0.39, 0.29) is 5.91 Å². The largest absolute Gasteiger partial charge is 0.486 e. The van der Waals surface area contributed by atoms with Crippen molar-refractivity contribution in [2.75, 3.05) is 18.5 Å². The molecule has 5 heteroatoms. The number of benzene rings is 2. The fourth-order valence-corrected chi connectivity index (χ4v) is 2.98. The number of carbonyl (C=O) groups is 1. The molecular weight excluding hydrogens is 298 g/mol. The third-order valence-electron chi connectivity index (χ3n) is 3.06. The van der Waals surface area contributed by atoms with Crippen molar-refractivity contribution in [2.24, 2.45) is 0 Å². The number of rotatable bonds is 4. The zero-order valence-electron chi connectivity index (χ0n) is 11.9. The lowest BCUT2D eigenvalue weighted by molar-refractivity contribution is -0.111. The molecule has 0 radical (unpaired) electrons. The van der Waals surface area contributed by atoms with E-state index in [0.29, 0.717) is 30.4 Å². The van der Waals surface area contributed by atoms with Crippen LogP contribution in [0.25, 0.3) is 0 Å². The van der Waals surface area contributed by atoms with Gasteiger partial charge in [-0.05, 0) is 18.2 Å². The number of amides is 1. The summed E-state index contributed by atoms with van der Waals surface area (Å²) in [7, 11) is 0. The Balaban J connectivity index is 1.97. The Hall–Kier alpha value is -2.40. The normalized spacial score (nSPS) is 12.5. The molecule has 4 nitrogen and oxygen atoms in total. The van der Waals surface area contributed by atoms with Crippen molar-refractivity contribution < 1.29 is 14.3 Å². The van der Waals surface area contributed by atoms with Gasteiger partial charge in [0.1, 0.15) is 13.2 Å². The Bertz CT molecular complexity index is 701. The van der Waals surface area contributed by atoms with E-state index in [1.54, 1.807) is 17.8 Å². The number of fused-ring (bicyclic) bond motifs is 1. The van der Waals surface area contributed by atoms with Gasteiger partial charge in [0, 0.05) is 21.9 Å². The van der Waals surface area contributed by atoms with E-state index in [1.807, 2.05) is 36.4 Å². The molecule has 1 heterocycles. The van der Waals surface area contributed by atoms with E-state index in [2.05, 4.69) is 11.9 Å². The molecule has 0 spiro atoms. The first kappa shape index (κ1) is 14.5. The minimum Gasteiger partial charge on any atom is -0.486 e. The molecule has 2 aromatic rings. The van der Waals surface area contributed by atoms with Crippen molar-refractivity contribution in [2.45, 2.75) is 9.79 Å². The fraction of sp³-hybridized carbons (Fsp3) is 0.118. The maximum Gasteiger partial charge on any atom is 0.247 e. The molecule has 0 bridgehead atoms. The number of hydrogen-bond donors (Lipinski definition) is 1. The Morgan fingerprint density at radius 1 is 1.14 bits per heavy atom. The molecule has 1 amide bonds. The van der Waals surface area contributed by atoms with Crippen LogP contribution in [-0.2, 0) is 4.79 Å². The first-order valence-corrected chi connectivity index (χ1v) is 7.68. The zero-order valence-corrected chi connectivity index (χ0v) is 12.7. The van der Waals surface area contributed by atoms with Crippen LogP contribution < -0.4 is 14.8 Å². The molecule has 0 unspecified atom stereocenters. The average Bonchev–Trinajstić information content (AvgIpc) is 2.56. The van der Waals surface area contributed by atoms with Crippen molar-refractivity contribution in [3.8, 4) is 11.5 Å². The van der Waals surface area contributed by atoms with Gasteiger partial charge in [-0.1, -0.05) is 36.5 Å². The smallest absolute Gasteiger partial charge is 0.247 e. The van der Waals surface area contributed by atoms with Crippen LogP contribution in [0.1, 0.15) is 0 Å². The molecule has 1 N–H and O–H groups in total. The van der Waals surface area contributed by atoms with E-state index in [4.69, 9.17) is 9.47 Å². The predicted octanol–water partition coefficient (Wildman–Crippen LogP) is 3.73. The lowest BCUT2D eigenvalue weighted by atomic mass is 10.2. The highest BCUT2D eigenvalue weighted by molar-refractivity contribution is 7.99. The fourth-order valence-electron chi connectivity index (χ4n) is 2.05. The van der Waals surface area contributed by atoms with Crippen molar-refractivity contribution in [3.05, 3.63) is 55.1 Å². The summed E-state index contributed by atoms with van der Waals surface area (Å²) in [5.41, 5.74) is 0.683. The number of nitrogens with one attached hydrogen (secondary N) is 1. The summed E-state index contributed by atoms with van der Waals surface area (Å²) in [4.78, 5) is 13.6. The molecule has 0 atom stereocenters. The van der Waals surface area contributed by atoms with Crippen LogP contribution in [0.2, 0.25) is 0 Å². The van der Waals surface area contributed by atoms with Crippen LogP contribution in [0, 0.1) is 0 Å². The van der Waals surface area contributed by atoms with Gasteiger partial charge in [-0.2, -0.15) is 0 Å². The SMILES string of the molecule is C=CC(=O)Nc1cc2c(cc1Sc1ccccc1)OCCO2. The number of ether oxygens (including phenoxy) is 2. The topological polar surface area (TPSA) is 47.6 Å². The first-order valence-electron chi connectivity index (χ1n) is 6.86. The third-order valence-corrected chi connectivity index (χ3v) is 4.12. The molecule has 2 aromatic carbocycles. The quantitative estimate of drug-likeness (QED) is 0.874. The van der Waals surface area contributed by atoms with E-state index in [1.165, 1.54) is 6.08 Å². The molecule has 0 saturated heterocycles. The molecule has 0 aliphatic carbocycles. The summed E-state index contributed by atoms with van der Waals surface area (Å²) in [6.07, 6.45) is 1.24. The van der Waals surface area contributed by atoms with Gasteiger partial charge in [-0.3, -0.25) is 4.79 Å². The molecular formula is C17H15NO3S. The molecule has 0 saturated carbocycles. The second-order valence-corrected chi connectivity index (χ2v) is 5.72. The maximum atomic E-state index is 11.6. The van der Waals surface area contributed by atoms with Gasteiger partial charge in [-0.25, -0.2) is 0 Å². The highest BCUT2D eigenvalue weighted by atomic mass is 32.2. The summed E-state index contributed by atoms with van der Waals surface area (Å²) < 4.78 is 11.2. The Morgan fingerprint density at radius 3 is 2.50 bits per heavy atom. The van der Waals surface area contributed by atoms with Gasteiger partial charge in [0.15, 0.2) is 11.5 Å². The minimum atomic E-state index is -0.258. The van der Waals surface area contributed by atoms with Crippen LogP contribution in [0.15, 0.2) is 64.9 Å². The van der Waals surface area contributed by atoms with Gasteiger partial charge >= 0.3 is 0 Å². The molecule has 0 aromatic heterocycles. The summed E-state index contributed by atoms with van der Waals surface area (Å²) in [6.45, 7) is 4.52. The Kier molecular flexibility index (Phi) is 4.34. The van der Waals surface area contributed by atoms with Crippen LogP contribution >= 0.6 is 11.8 Å². The van der Waals surface area contributed by atoms with Gasteiger partial charge in [-0.15, -0.1) is 0 Å². The molecule has 3 rings (SSSR count). The van der Waals surface area contributed by atoms with Crippen LogP contribution in [0.4, 0.5) is 5.69 Å². The number of anilines is 1. The lowest BCUT2D eigenvalue weighted by Crippen LogP contribution is -2.16. The highest BCUT2D eigenvalue weighted by Crippen LogP contribution is 2.42. The Morgan fingerprint density at radius 2 is 1.82 bits per heavy atom. The van der Waals surface area contributed by atoms with E-state index >= 15 is 0 Å². The zero-order chi connectivity index (χ0) is 15.4. The summed E-state index contributed by atoms with van der Waals surface area (Å²) in [5.74, 6) is 1.08. The third kappa shape index (κ3) is 3.26. The van der Waals surface area contributed by atoms with Gasteiger partial charge < -0.3 is 14.8 Å². The second-order valence-electron chi connectivity index (χ2n) is 4.60. The van der Waals surface area contributed by atoms with Gasteiger partial charge in [0.05, 0.1) is 5.69 Å². The van der Waals surface area contributed by atoms with Gasteiger partial charge in [0.25, 0.3) is 0 Å². The molecule has 22 heavy (non-hydrogen) atoms. The average molecular weight is 313 g/mol. The van der Waals surface area contributed by atoms with Crippen LogP contribution in [-0.4, -0.2) is 19.1 Å². The van der Waals surface area contributed by atoms with Crippen molar-refractivity contribution in [1.29, 1.82) is 0 Å². The molecule has 0 fully saturated rings. The van der Waals surface area contributed by atoms with E-state index in [0.717, 1.165) is 9.79 Å². The summed E-state index contributed by atoms with van der Waals surface area (Å²) >= 11 is 1.55. The molecule has 112 valence electrons. The summed E-state index contributed by atoms with van der Waals surface area (Å²) in [6, 6.07) is 13.6. The number of carbonyl (C=O) groups excluding carboxylic acids is 1.